The summed E-state index contributed by atoms with van der Waals surface area (Å²) < 4.78 is 0. The maximum Gasteiger partial charge on any atom is 0.252 e. The Morgan fingerprint density at radius 2 is 2.00 bits per heavy atom. The molecule has 2 amide bonds. The summed E-state index contributed by atoms with van der Waals surface area (Å²) in [5, 5.41) is 5.10. The third kappa shape index (κ3) is 4.58. The van der Waals surface area contributed by atoms with Crippen molar-refractivity contribution in [3.05, 3.63) is 57.2 Å². The van der Waals surface area contributed by atoms with Crippen molar-refractivity contribution in [3.63, 3.8) is 0 Å². The van der Waals surface area contributed by atoms with E-state index in [-0.39, 0.29) is 24.8 Å². The van der Waals surface area contributed by atoms with E-state index in [0.717, 1.165) is 4.88 Å². The van der Waals surface area contributed by atoms with Gasteiger partial charge >= 0.3 is 0 Å². The van der Waals surface area contributed by atoms with E-state index >= 15 is 0 Å². The number of hydrogen-bond acceptors (Lipinski definition) is 3. The minimum absolute atomic E-state index is 0.00661. The summed E-state index contributed by atoms with van der Waals surface area (Å²) in [5.41, 5.74) is 0.420. The lowest BCUT2D eigenvalue weighted by Gasteiger charge is -2.16. The largest absolute Gasteiger partial charge is 0.351 e. The van der Waals surface area contributed by atoms with Crippen molar-refractivity contribution in [2.45, 2.75) is 13.0 Å². The summed E-state index contributed by atoms with van der Waals surface area (Å²) in [6.45, 7) is 0.882. The van der Waals surface area contributed by atoms with Crippen LogP contribution in [0.15, 0.2) is 41.8 Å². The van der Waals surface area contributed by atoms with Gasteiger partial charge in [0.05, 0.1) is 17.1 Å². The van der Waals surface area contributed by atoms with Crippen LogP contribution in [0.25, 0.3) is 0 Å². The van der Waals surface area contributed by atoms with Gasteiger partial charge in [-0.25, -0.2) is 0 Å². The van der Waals surface area contributed by atoms with Crippen LogP contribution >= 0.6 is 22.9 Å². The molecule has 2 aromatic rings. The summed E-state index contributed by atoms with van der Waals surface area (Å²) in [7, 11) is 1.76. The monoisotopic (exact) mass is 336 g/mol. The van der Waals surface area contributed by atoms with Crippen LogP contribution in [-0.4, -0.2) is 30.3 Å². The Morgan fingerprint density at radius 3 is 2.68 bits per heavy atom. The highest BCUT2D eigenvalue weighted by Gasteiger charge is 2.12. The van der Waals surface area contributed by atoms with E-state index in [4.69, 9.17) is 11.6 Å². The fourth-order valence-corrected chi connectivity index (χ4v) is 2.92. The molecule has 0 aliphatic rings. The first-order valence-electron chi connectivity index (χ1n) is 6.87. The van der Waals surface area contributed by atoms with E-state index in [1.165, 1.54) is 0 Å². The molecule has 116 valence electrons. The number of carbonyl (C=O) groups is 2. The van der Waals surface area contributed by atoms with E-state index in [1.807, 2.05) is 17.5 Å². The highest BCUT2D eigenvalue weighted by atomic mass is 35.5. The summed E-state index contributed by atoms with van der Waals surface area (Å²) >= 11 is 7.57. The van der Waals surface area contributed by atoms with Gasteiger partial charge in [-0.2, -0.15) is 0 Å². The normalized spacial score (nSPS) is 10.3. The highest BCUT2D eigenvalue weighted by molar-refractivity contribution is 7.09. The Hall–Kier alpha value is -1.85. The molecule has 0 saturated carbocycles. The average Bonchev–Trinajstić information content (AvgIpc) is 3.00. The van der Waals surface area contributed by atoms with Gasteiger partial charge in [0, 0.05) is 24.9 Å². The van der Waals surface area contributed by atoms with Gasteiger partial charge in [-0.1, -0.05) is 29.8 Å². The van der Waals surface area contributed by atoms with Crippen molar-refractivity contribution < 1.29 is 9.59 Å². The van der Waals surface area contributed by atoms with Gasteiger partial charge in [0.1, 0.15) is 0 Å². The molecule has 4 nitrogen and oxygen atoms in total. The van der Waals surface area contributed by atoms with Crippen LogP contribution in [0.3, 0.4) is 0 Å². The number of hydrogen-bond donors (Lipinski definition) is 1. The molecule has 1 aromatic carbocycles. The maximum atomic E-state index is 12.0. The SMILES string of the molecule is CN(Cc1cccs1)C(=O)CCNC(=O)c1ccccc1Cl. The zero-order valence-electron chi connectivity index (χ0n) is 12.2. The van der Waals surface area contributed by atoms with Crippen molar-refractivity contribution in [2.75, 3.05) is 13.6 Å². The van der Waals surface area contributed by atoms with Crippen LogP contribution in [0, 0.1) is 0 Å². The van der Waals surface area contributed by atoms with Crippen LogP contribution in [0.1, 0.15) is 21.7 Å². The van der Waals surface area contributed by atoms with Crippen LogP contribution < -0.4 is 5.32 Å². The standard InChI is InChI=1S/C16H17ClN2O2S/c1-19(11-12-5-4-10-22-12)15(20)8-9-18-16(21)13-6-2-3-7-14(13)17/h2-7,10H,8-9,11H2,1H3,(H,18,21). The third-order valence-electron chi connectivity index (χ3n) is 3.14. The van der Waals surface area contributed by atoms with Crippen molar-refractivity contribution in [2.24, 2.45) is 0 Å². The number of nitrogens with zero attached hydrogens (tertiary/aromatic N) is 1. The summed E-state index contributed by atoms with van der Waals surface area (Å²) in [6.07, 6.45) is 0.262. The van der Waals surface area contributed by atoms with Crippen LogP contribution in [0.2, 0.25) is 5.02 Å². The number of nitrogens with one attached hydrogen (secondary N) is 1. The Labute approximate surface area is 138 Å². The maximum absolute atomic E-state index is 12.0. The molecular formula is C16H17ClN2O2S. The van der Waals surface area contributed by atoms with Crippen molar-refractivity contribution in [1.29, 1.82) is 0 Å². The molecular weight excluding hydrogens is 320 g/mol. The zero-order chi connectivity index (χ0) is 15.9. The fraction of sp³-hybridized carbons (Fsp3) is 0.250. The van der Waals surface area contributed by atoms with Gasteiger partial charge in [-0.3, -0.25) is 9.59 Å². The molecule has 0 radical (unpaired) electrons. The van der Waals surface area contributed by atoms with Gasteiger partial charge in [-0.05, 0) is 23.6 Å². The number of rotatable bonds is 6. The van der Waals surface area contributed by atoms with E-state index in [2.05, 4.69) is 5.32 Å². The number of carbonyl (C=O) groups excluding carboxylic acids is 2. The quantitative estimate of drug-likeness (QED) is 0.880. The van der Waals surface area contributed by atoms with Crippen LogP contribution in [0.5, 0.6) is 0 Å². The van der Waals surface area contributed by atoms with E-state index in [9.17, 15) is 9.59 Å². The van der Waals surface area contributed by atoms with E-state index < -0.39 is 0 Å². The Bertz CT molecular complexity index is 643. The zero-order valence-corrected chi connectivity index (χ0v) is 13.8. The summed E-state index contributed by atoms with van der Waals surface area (Å²) in [4.78, 5) is 26.8. The molecule has 1 aromatic heterocycles. The molecule has 0 bridgehead atoms. The molecule has 22 heavy (non-hydrogen) atoms. The first-order valence-corrected chi connectivity index (χ1v) is 8.13. The number of amides is 2. The van der Waals surface area contributed by atoms with Gasteiger partial charge in [-0.15, -0.1) is 11.3 Å². The first kappa shape index (κ1) is 16.5. The van der Waals surface area contributed by atoms with Gasteiger partial charge in [0.2, 0.25) is 5.91 Å². The number of halogens is 1. The van der Waals surface area contributed by atoms with Gasteiger partial charge in [0.15, 0.2) is 0 Å². The van der Waals surface area contributed by atoms with E-state index in [0.29, 0.717) is 17.1 Å². The molecule has 0 spiro atoms. The van der Waals surface area contributed by atoms with E-state index in [1.54, 1.807) is 47.5 Å². The Morgan fingerprint density at radius 1 is 1.23 bits per heavy atom. The lowest BCUT2D eigenvalue weighted by Crippen LogP contribution is -2.31. The topological polar surface area (TPSA) is 49.4 Å². The molecule has 0 atom stereocenters. The second kappa shape index (κ2) is 7.96. The molecule has 6 heteroatoms. The lowest BCUT2D eigenvalue weighted by atomic mass is 10.2. The van der Waals surface area contributed by atoms with Crippen molar-refractivity contribution in [1.82, 2.24) is 10.2 Å². The number of benzene rings is 1. The minimum Gasteiger partial charge on any atom is -0.351 e. The Kier molecular flexibility index (Phi) is 5.98. The lowest BCUT2D eigenvalue weighted by molar-refractivity contribution is -0.130. The second-order valence-electron chi connectivity index (χ2n) is 4.81. The molecule has 0 fully saturated rings. The molecule has 0 saturated heterocycles. The summed E-state index contributed by atoms with van der Waals surface area (Å²) in [5.74, 6) is -0.271. The molecule has 1 N–H and O–H groups in total. The van der Waals surface area contributed by atoms with Crippen molar-refractivity contribution >= 4 is 34.8 Å². The average molecular weight is 337 g/mol. The fourth-order valence-electron chi connectivity index (χ4n) is 1.94. The smallest absolute Gasteiger partial charge is 0.252 e. The molecule has 0 aliphatic heterocycles. The summed E-state index contributed by atoms with van der Waals surface area (Å²) in [6, 6.07) is 10.8. The predicted octanol–water partition coefficient (Wildman–Crippen LogP) is 3.18. The molecule has 0 aliphatic carbocycles. The van der Waals surface area contributed by atoms with Crippen LogP contribution in [0.4, 0.5) is 0 Å². The molecule has 0 unspecified atom stereocenters. The minimum atomic E-state index is -0.265. The van der Waals surface area contributed by atoms with Gasteiger partial charge < -0.3 is 10.2 Å². The highest BCUT2D eigenvalue weighted by Crippen LogP contribution is 2.14. The van der Waals surface area contributed by atoms with Gasteiger partial charge in [0.25, 0.3) is 5.91 Å². The van der Waals surface area contributed by atoms with Crippen molar-refractivity contribution in [3.8, 4) is 0 Å². The first-order chi connectivity index (χ1) is 10.6. The van der Waals surface area contributed by atoms with Crippen LogP contribution in [-0.2, 0) is 11.3 Å². The third-order valence-corrected chi connectivity index (χ3v) is 4.33. The predicted molar refractivity (Wildman–Crippen MR) is 89.2 cm³/mol. The Balaban J connectivity index is 1.77. The number of thiophene rings is 1. The molecule has 2 rings (SSSR count). The molecule has 1 heterocycles. The second-order valence-corrected chi connectivity index (χ2v) is 6.25.